The number of hydrogen-bond acceptors (Lipinski definition) is 4. The fourth-order valence-corrected chi connectivity index (χ4v) is 4.19. The summed E-state index contributed by atoms with van der Waals surface area (Å²) in [5.41, 5.74) is 4.87. The Labute approximate surface area is 175 Å². The first-order chi connectivity index (χ1) is 13.3. The topological polar surface area (TPSA) is 44.8 Å². The van der Waals surface area contributed by atoms with E-state index in [1.165, 1.54) is 11.1 Å². The molecule has 0 saturated carbocycles. The lowest BCUT2D eigenvalue weighted by atomic mass is 9.87. The third-order valence-corrected chi connectivity index (χ3v) is 6.10. The number of aldehydes is 1. The predicted octanol–water partition coefficient (Wildman–Crippen LogP) is 5.75. The van der Waals surface area contributed by atoms with Gasteiger partial charge < -0.3 is 14.2 Å². The summed E-state index contributed by atoms with van der Waals surface area (Å²) < 4.78 is 19.2. The van der Waals surface area contributed by atoms with Crippen molar-refractivity contribution in [3.05, 3.63) is 50.5 Å². The van der Waals surface area contributed by atoms with Crippen molar-refractivity contribution in [1.29, 1.82) is 0 Å². The molecule has 0 aromatic heterocycles. The number of carbonyl (C=O) groups excluding carboxylic acids is 1. The molecule has 0 N–H and O–H groups in total. The Hall–Kier alpha value is -2.01. The van der Waals surface area contributed by atoms with E-state index in [0.29, 0.717) is 24.5 Å². The van der Waals surface area contributed by atoms with E-state index in [9.17, 15) is 4.79 Å². The van der Waals surface area contributed by atoms with Crippen molar-refractivity contribution in [2.45, 2.75) is 53.1 Å². The van der Waals surface area contributed by atoms with E-state index in [2.05, 4.69) is 43.6 Å². The Morgan fingerprint density at radius 3 is 2.57 bits per heavy atom. The second-order valence-electron chi connectivity index (χ2n) is 7.59. The first-order valence-corrected chi connectivity index (χ1v) is 10.4. The zero-order valence-electron chi connectivity index (χ0n) is 17.1. The maximum atomic E-state index is 10.9. The maximum absolute atomic E-state index is 10.9. The first kappa shape index (κ1) is 20.7. The molecule has 1 aliphatic heterocycles. The van der Waals surface area contributed by atoms with Crippen LogP contribution < -0.4 is 14.2 Å². The molecule has 28 heavy (non-hydrogen) atoms. The molecule has 0 fully saturated rings. The molecule has 0 aliphatic carbocycles. The summed E-state index contributed by atoms with van der Waals surface area (Å²) in [5.74, 6) is 2.66. The van der Waals surface area contributed by atoms with Gasteiger partial charge in [0.2, 0.25) is 0 Å². The normalized spacial score (nSPS) is 18.2. The highest BCUT2D eigenvalue weighted by atomic mass is 79.9. The van der Waals surface area contributed by atoms with E-state index in [1.807, 2.05) is 13.0 Å². The van der Waals surface area contributed by atoms with Gasteiger partial charge in [0.05, 0.1) is 11.1 Å². The quantitative estimate of drug-likeness (QED) is 0.529. The molecule has 1 heterocycles. The van der Waals surface area contributed by atoms with Crippen LogP contribution in [0.15, 0.2) is 22.7 Å². The summed E-state index contributed by atoms with van der Waals surface area (Å²) in [6, 6.07) is 5.31. The van der Waals surface area contributed by atoms with Crippen molar-refractivity contribution in [2.24, 2.45) is 0 Å². The van der Waals surface area contributed by atoms with Crippen LogP contribution in [0.1, 0.15) is 52.9 Å². The summed E-state index contributed by atoms with van der Waals surface area (Å²) >= 11 is 3.47. The van der Waals surface area contributed by atoms with Gasteiger partial charge in [-0.2, -0.15) is 0 Å². The summed E-state index contributed by atoms with van der Waals surface area (Å²) in [6.45, 7) is 11.5. The van der Waals surface area contributed by atoms with Crippen LogP contribution in [0.25, 0.3) is 0 Å². The van der Waals surface area contributed by atoms with Crippen molar-refractivity contribution in [1.82, 2.24) is 0 Å². The van der Waals surface area contributed by atoms with Crippen LogP contribution in [-0.4, -0.2) is 25.1 Å². The van der Waals surface area contributed by atoms with Crippen LogP contribution in [0.3, 0.4) is 0 Å². The van der Waals surface area contributed by atoms with Gasteiger partial charge in [0, 0.05) is 11.1 Å². The number of rotatable bonds is 6. The van der Waals surface area contributed by atoms with Gasteiger partial charge in [-0.25, -0.2) is 0 Å². The lowest BCUT2D eigenvalue weighted by molar-refractivity contribution is 0.0164. The molecule has 1 unspecified atom stereocenters. The lowest BCUT2D eigenvalue weighted by Gasteiger charge is -2.38. The lowest BCUT2D eigenvalue weighted by Crippen LogP contribution is -2.42. The van der Waals surface area contributed by atoms with Crippen LogP contribution in [0, 0.1) is 20.8 Å². The molecule has 5 heteroatoms. The van der Waals surface area contributed by atoms with E-state index in [1.54, 1.807) is 12.1 Å². The van der Waals surface area contributed by atoms with E-state index < -0.39 is 5.60 Å². The largest absolute Gasteiger partial charge is 0.493 e. The van der Waals surface area contributed by atoms with Gasteiger partial charge in [-0.05, 0) is 98.3 Å². The molecule has 3 rings (SSSR count). The summed E-state index contributed by atoms with van der Waals surface area (Å²) in [7, 11) is 0. The minimum Gasteiger partial charge on any atom is -0.493 e. The Bertz CT molecular complexity index is 906. The van der Waals surface area contributed by atoms with Crippen molar-refractivity contribution in [3.63, 3.8) is 0 Å². The van der Waals surface area contributed by atoms with Crippen LogP contribution in [-0.2, 0) is 6.42 Å². The van der Waals surface area contributed by atoms with Crippen LogP contribution >= 0.6 is 15.9 Å². The second kappa shape index (κ2) is 8.16. The highest BCUT2D eigenvalue weighted by Gasteiger charge is 2.35. The van der Waals surface area contributed by atoms with E-state index in [4.69, 9.17) is 14.2 Å². The summed E-state index contributed by atoms with van der Waals surface area (Å²) in [6.07, 6.45) is 2.60. The third-order valence-electron chi connectivity index (χ3n) is 5.48. The van der Waals surface area contributed by atoms with Gasteiger partial charge in [-0.3, -0.25) is 4.79 Å². The van der Waals surface area contributed by atoms with Crippen molar-refractivity contribution in [3.8, 4) is 17.2 Å². The smallest absolute Gasteiger partial charge is 0.150 e. The van der Waals surface area contributed by atoms with Crippen LogP contribution in [0.5, 0.6) is 17.2 Å². The molecule has 1 aliphatic rings. The molecule has 0 amide bonds. The minimum atomic E-state index is -0.424. The molecule has 0 radical (unpaired) electrons. The van der Waals surface area contributed by atoms with E-state index >= 15 is 0 Å². The zero-order chi connectivity index (χ0) is 20.5. The Morgan fingerprint density at radius 1 is 1.18 bits per heavy atom. The third kappa shape index (κ3) is 3.90. The standard InChI is InChI=1S/C23H27BrO4/c1-6-26-21-14(2)15(3)22-18(16(21)4)9-10-23(5,28-22)13-27-20-8-7-17(12-25)11-19(20)24/h7-8,11-12H,6,9-10,13H2,1-5H3. The van der Waals surface area contributed by atoms with Gasteiger partial charge in [0.1, 0.15) is 35.7 Å². The predicted molar refractivity (Wildman–Crippen MR) is 114 cm³/mol. The van der Waals surface area contributed by atoms with E-state index in [-0.39, 0.29) is 0 Å². The van der Waals surface area contributed by atoms with Crippen molar-refractivity contribution in [2.75, 3.05) is 13.2 Å². The van der Waals surface area contributed by atoms with Gasteiger partial charge in [-0.1, -0.05) is 0 Å². The molecule has 1 atom stereocenters. The van der Waals surface area contributed by atoms with Crippen LogP contribution in [0.2, 0.25) is 0 Å². The van der Waals surface area contributed by atoms with Gasteiger partial charge >= 0.3 is 0 Å². The van der Waals surface area contributed by atoms with Crippen LogP contribution in [0.4, 0.5) is 0 Å². The molecular formula is C23H27BrO4. The summed E-state index contributed by atoms with van der Waals surface area (Å²) in [5, 5.41) is 0. The second-order valence-corrected chi connectivity index (χ2v) is 8.45. The number of carbonyl (C=O) groups is 1. The molecule has 150 valence electrons. The maximum Gasteiger partial charge on any atom is 0.150 e. The average molecular weight is 447 g/mol. The monoisotopic (exact) mass is 446 g/mol. The van der Waals surface area contributed by atoms with E-state index in [0.717, 1.165) is 46.2 Å². The molecule has 0 saturated heterocycles. The minimum absolute atomic E-state index is 0.424. The van der Waals surface area contributed by atoms with Gasteiger partial charge in [-0.15, -0.1) is 0 Å². The first-order valence-electron chi connectivity index (χ1n) is 9.61. The molecule has 2 aromatic carbocycles. The molecule has 2 aromatic rings. The number of hydrogen-bond donors (Lipinski definition) is 0. The molecule has 0 spiro atoms. The average Bonchev–Trinajstić information content (AvgIpc) is 2.68. The summed E-state index contributed by atoms with van der Waals surface area (Å²) in [4.78, 5) is 10.9. The van der Waals surface area contributed by atoms with Crippen molar-refractivity contribution >= 4 is 22.2 Å². The molecular weight excluding hydrogens is 420 g/mol. The zero-order valence-corrected chi connectivity index (χ0v) is 18.7. The fourth-order valence-electron chi connectivity index (χ4n) is 3.68. The van der Waals surface area contributed by atoms with Gasteiger partial charge in [0.15, 0.2) is 0 Å². The number of benzene rings is 2. The number of halogens is 1. The highest BCUT2D eigenvalue weighted by molar-refractivity contribution is 9.10. The van der Waals surface area contributed by atoms with Crippen molar-refractivity contribution < 1.29 is 19.0 Å². The molecule has 4 nitrogen and oxygen atoms in total. The highest BCUT2D eigenvalue weighted by Crippen LogP contribution is 2.44. The number of fused-ring (bicyclic) bond motifs is 1. The Morgan fingerprint density at radius 2 is 1.93 bits per heavy atom. The SMILES string of the molecule is CCOc1c(C)c(C)c2c(c1C)CCC(C)(COc1ccc(C=O)cc1Br)O2. The Kier molecular flexibility index (Phi) is 6.04. The Balaban J connectivity index is 1.83. The number of ether oxygens (including phenoxy) is 3. The van der Waals surface area contributed by atoms with Gasteiger partial charge in [0.25, 0.3) is 0 Å². The molecule has 0 bridgehead atoms. The fraction of sp³-hybridized carbons (Fsp3) is 0.435.